The van der Waals surface area contributed by atoms with E-state index in [2.05, 4.69) is 15.9 Å². The Hall–Kier alpha value is -0.640. The van der Waals surface area contributed by atoms with Crippen molar-refractivity contribution in [3.63, 3.8) is 0 Å². The molecule has 0 aliphatic carbocycles. The van der Waals surface area contributed by atoms with Crippen LogP contribution in [0, 0.1) is 0 Å². The standard InChI is InChI=1S/C13H10BrClOS/c14-11-5-6-17-13(11)8-10(16)7-9-3-1-2-4-12(9)15/h1-6H,7-8H2. The molecule has 0 amide bonds. The summed E-state index contributed by atoms with van der Waals surface area (Å²) in [6, 6.07) is 9.43. The van der Waals surface area contributed by atoms with E-state index in [1.165, 1.54) is 0 Å². The SMILES string of the molecule is O=C(Cc1ccccc1Cl)Cc1sccc1Br. The van der Waals surface area contributed by atoms with Crippen molar-refractivity contribution in [2.45, 2.75) is 12.8 Å². The maximum Gasteiger partial charge on any atom is 0.142 e. The van der Waals surface area contributed by atoms with E-state index in [1.807, 2.05) is 35.7 Å². The van der Waals surface area contributed by atoms with E-state index < -0.39 is 0 Å². The molecule has 0 saturated carbocycles. The maximum absolute atomic E-state index is 11.9. The highest BCUT2D eigenvalue weighted by molar-refractivity contribution is 9.10. The van der Waals surface area contributed by atoms with Crippen LogP contribution in [0.4, 0.5) is 0 Å². The molecule has 0 aliphatic heterocycles. The van der Waals surface area contributed by atoms with E-state index in [0.717, 1.165) is 14.9 Å². The number of carbonyl (C=O) groups excluding carboxylic acids is 1. The molecule has 2 rings (SSSR count). The minimum Gasteiger partial charge on any atom is -0.299 e. The minimum absolute atomic E-state index is 0.182. The van der Waals surface area contributed by atoms with Crippen molar-refractivity contribution < 1.29 is 4.79 Å². The van der Waals surface area contributed by atoms with Gasteiger partial charge in [0.15, 0.2) is 0 Å². The first-order chi connectivity index (χ1) is 8.16. The largest absolute Gasteiger partial charge is 0.299 e. The van der Waals surface area contributed by atoms with Gasteiger partial charge in [0.1, 0.15) is 5.78 Å². The van der Waals surface area contributed by atoms with Crippen molar-refractivity contribution in [1.82, 2.24) is 0 Å². The molecule has 2 aromatic rings. The average molecular weight is 330 g/mol. The number of hydrogen-bond acceptors (Lipinski definition) is 2. The molecule has 0 radical (unpaired) electrons. The van der Waals surface area contributed by atoms with Gasteiger partial charge in [-0.2, -0.15) is 0 Å². The van der Waals surface area contributed by atoms with Crippen molar-refractivity contribution in [1.29, 1.82) is 0 Å². The molecule has 88 valence electrons. The topological polar surface area (TPSA) is 17.1 Å². The van der Waals surface area contributed by atoms with Crippen molar-refractivity contribution in [2.24, 2.45) is 0 Å². The maximum atomic E-state index is 11.9. The van der Waals surface area contributed by atoms with Gasteiger partial charge in [0, 0.05) is 27.2 Å². The second-order valence-electron chi connectivity index (χ2n) is 3.68. The fourth-order valence-electron chi connectivity index (χ4n) is 1.55. The van der Waals surface area contributed by atoms with E-state index >= 15 is 0 Å². The van der Waals surface area contributed by atoms with Gasteiger partial charge in [-0.15, -0.1) is 11.3 Å². The quantitative estimate of drug-likeness (QED) is 0.806. The third-order valence-electron chi connectivity index (χ3n) is 2.39. The number of hydrogen-bond donors (Lipinski definition) is 0. The van der Waals surface area contributed by atoms with E-state index in [4.69, 9.17) is 11.6 Å². The van der Waals surface area contributed by atoms with Crippen LogP contribution in [0.1, 0.15) is 10.4 Å². The Balaban J connectivity index is 2.03. The molecule has 4 heteroatoms. The zero-order valence-corrected chi connectivity index (χ0v) is 12.1. The number of thiophene rings is 1. The molecule has 0 saturated heterocycles. The molecule has 0 atom stereocenters. The van der Waals surface area contributed by atoms with Crippen LogP contribution in [0.2, 0.25) is 5.02 Å². The Bertz CT molecular complexity index is 536. The third-order valence-corrected chi connectivity index (χ3v) is 4.69. The van der Waals surface area contributed by atoms with Crippen LogP contribution in [0.3, 0.4) is 0 Å². The first kappa shape index (κ1) is 12.8. The zero-order valence-electron chi connectivity index (χ0n) is 8.95. The first-order valence-corrected chi connectivity index (χ1v) is 7.19. The van der Waals surface area contributed by atoms with Crippen LogP contribution in [0.25, 0.3) is 0 Å². The van der Waals surface area contributed by atoms with Gasteiger partial charge >= 0.3 is 0 Å². The monoisotopic (exact) mass is 328 g/mol. The van der Waals surface area contributed by atoms with Crippen LogP contribution in [-0.4, -0.2) is 5.78 Å². The Kier molecular flexibility index (Phi) is 4.37. The van der Waals surface area contributed by atoms with Crippen LogP contribution in [0.15, 0.2) is 40.2 Å². The molecule has 1 heterocycles. The zero-order chi connectivity index (χ0) is 12.3. The Morgan fingerprint density at radius 2 is 2.00 bits per heavy atom. The molecular formula is C13H10BrClOS. The van der Waals surface area contributed by atoms with Gasteiger partial charge in [-0.25, -0.2) is 0 Å². The van der Waals surface area contributed by atoms with E-state index in [1.54, 1.807) is 11.3 Å². The van der Waals surface area contributed by atoms with Crippen molar-refractivity contribution in [3.8, 4) is 0 Å². The fourth-order valence-corrected chi connectivity index (χ4v) is 3.27. The number of rotatable bonds is 4. The molecule has 0 spiro atoms. The molecule has 0 aliphatic rings. The number of ketones is 1. The Labute approximate surface area is 118 Å². The lowest BCUT2D eigenvalue weighted by Gasteiger charge is -2.03. The lowest BCUT2D eigenvalue weighted by atomic mass is 10.1. The van der Waals surface area contributed by atoms with Crippen molar-refractivity contribution in [3.05, 3.63) is 55.6 Å². The lowest BCUT2D eigenvalue weighted by Crippen LogP contribution is -2.06. The molecular weight excluding hydrogens is 320 g/mol. The van der Waals surface area contributed by atoms with Gasteiger partial charge in [-0.1, -0.05) is 29.8 Å². The highest BCUT2D eigenvalue weighted by Crippen LogP contribution is 2.24. The Morgan fingerprint density at radius 3 is 2.65 bits per heavy atom. The predicted molar refractivity (Wildman–Crippen MR) is 75.9 cm³/mol. The number of Topliss-reactive ketones (excluding diaryl/α,β-unsaturated/α-hetero) is 1. The van der Waals surface area contributed by atoms with Gasteiger partial charge in [-0.05, 0) is 39.0 Å². The molecule has 1 aromatic carbocycles. The summed E-state index contributed by atoms with van der Waals surface area (Å²) in [5, 5.41) is 2.63. The molecule has 1 nitrogen and oxygen atoms in total. The average Bonchev–Trinajstić information content (AvgIpc) is 2.68. The molecule has 0 bridgehead atoms. The van der Waals surface area contributed by atoms with Crippen LogP contribution in [-0.2, 0) is 17.6 Å². The summed E-state index contributed by atoms with van der Waals surface area (Å²) < 4.78 is 1.01. The number of benzene rings is 1. The molecule has 0 fully saturated rings. The summed E-state index contributed by atoms with van der Waals surface area (Å²) in [6.45, 7) is 0. The van der Waals surface area contributed by atoms with Gasteiger partial charge in [0.05, 0.1) is 0 Å². The Morgan fingerprint density at radius 1 is 1.24 bits per heavy atom. The highest BCUT2D eigenvalue weighted by atomic mass is 79.9. The minimum atomic E-state index is 0.182. The normalized spacial score (nSPS) is 10.5. The number of halogens is 2. The summed E-state index contributed by atoms with van der Waals surface area (Å²) in [6.07, 6.45) is 0.855. The van der Waals surface area contributed by atoms with E-state index in [0.29, 0.717) is 17.9 Å². The third kappa shape index (κ3) is 3.41. The predicted octanol–water partition coefficient (Wildman–Crippen LogP) is 4.52. The van der Waals surface area contributed by atoms with Crippen LogP contribution in [0.5, 0.6) is 0 Å². The van der Waals surface area contributed by atoms with Crippen molar-refractivity contribution >= 4 is 44.7 Å². The van der Waals surface area contributed by atoms with Gasteiger partial charge in [0.25, 0.3) is 0 Å². The fraction of sp³-hybridized carbons (Fsp3) is 0.154. The second kappa shape index (κ2) is 5.80. The highest BCUT2D eigenvalue weighted by Gasteiger charge is 2.10. The summed E-state index contributed by atoms with van der Waals surface area (Å²) in [5.74, 6) is 0.182. The summed E-state index contributed by atoms with van der Waals surface area (Å²) in [7, 11) is 0. The van der Waals surface area contributed by atoms with E-state index in [-0.39, 0.29) is 5.78 Å². The smallest absolute Gasteiger partial charge is 0.142 e. The van der Waals surface area contributed by atoms with E-state index in [9.17, 15) is 4.79 Å². The number of carbonyl (C=O) groups is 1. The summed E-state index contributed by atoms with van der Waals surface area (Å²) >= 11 is 11.0. The first-order valence-electron chi connectivity index (χ1n) is 5.14. The summed E-state index contributed by atoms with van der Waals surface area (Å²) in [4.78, 5) is 13.0. The molecule has 17 heavy (non-hydrogen) atoms. The van der Waals surface area contributed by atoms with Gasteiger partial charge in [0.2, 0.25) is 0 Å². The van der Waals surface area contributed by atoms with Crippen molar-refractivity contribution in [2.75, 3.05) is 0 Å². The van der Waals surface area contributed by atoms with Crippen LogP contribution < -0.4 is 0 Å². The lowest BCUT2D eigenvalue weighted by molar-refractivity contribution is -0.117. The summed E-state index contributed by atoms with van der Waals surface area (Å²) in [5.41, 5.74) is 0.895. The molecule has 1 aromatic heterocycles. The molecule has 0 unspecified atom stereocenters. The second-order valence-corrected chi connectivity index (χ2v) is 5.94. The van der Waals surface area contributed by atoms with Gasteiger partial charge < -0.3 is 0 Å². The van der Waals surface area contributed by atoms with Gasteiger partial charge in [-0.3, -0.25) is 4.79 Å². The van der Waals surface area contributed by atoms with Crippen LogP contribution >= 0.6 is 38.9 Å². The molecule has 0 N–H and O–H groups in total.